The van der Waals surface area contributed by atoms with Gasteiger partial charge in [-0.3, -0.25) is 0 Å². The summed E-state index contributed by atoms with van der Waals surface area (Å²) in [7, 11) is 1.66. The first-order valence-electron chi connectivity index (χ1n) is 4.14. The third-order valence-electron chi connectivity index (χ3n) is 2.32. The van der Waals surface area contributed by atoms with Crippen molar-refractivity contribution >= 4 is 15.9 Å². The minimum Gasteiger partial charge on any atom is -0.497 e. The predicted octanol–water partition coefficient (Wildman–Crippen LogP) is 2.70. The van der Waals surface area contributed by atoms with E-state index in [1.807, 2.05) is 18.2 Å². The Balaban J connectivity index is 2.38. The van der Waals surface area contributed by atoms with Gasteiger partial charge in [-0.1, -0.05) is 22.0 Å². The van der Waals surface area contributed by atoms with Crippen LogP contribution in [0.25, 0.3) is 0 Å². The molecular formula is C10H11BrO2. The summed E-state index contributed by atoms with van der Waals surface area (Å²) in [6.45, 7) is 2.89. The second-order valence-corrected chi connectivity index (χ2v) is 4.22. The van der Waals surface area contributed by atoms with E-state index >= 15 is 0 Å². The van der Waals surface area contributed by atoms with Crippen molar-refractivity contribution in [2.24, 2.45) is 0 Å². The molecule has 1 aromatic rings. The van der Waals surface area contributed by atoms with Gasteiger partial charge in [-0.15, -0.1) is 0 Å². The molecule has 0 N–H and O–H groups in total. The molecule has 1 aliphatic heterocycles. The fourth-order valence-corrected chi connectivity index (χ4v) is 2.09. The Morgan fingerprint density at radius 3 is 2.69 bits per heavy atom. The lowest BCUT2D eigenvalue weighted by Crippen LogP contribution is -2.02. The molecule has 0 aromatic heterocycles. The van der Waals surface area contributed by atoms with Crippen molar-refractivity contribution in [3.05, 3.63) is 28.2 Å². The lowest BCUT2D eigenvalue weighted by Gasteiger charge is -2.09. The molecule has 0 radical (unpaired) electrons. The molecule has 1 saturated heterocycles. The number of benzene rings is 1. The lowest BCUT2D eigenvalue weighted by atomic mass is 10.0. The number of methoxy groups -OCH3 is 1. The zero-order valence-electron chi connectivity index (χ0n) is 7.63. The molecule has 2 rings (SSSR count). The molecule has 0 saturated carbocycles. The summed E-state index contributed by atoms with van der Waals surface area (Å²) in [5.74, 6) is 0.861. The van der Waals surface area contributed by atoms with Crippen molar-refractivity contribution in [2.45, 2.75) is 12.5 Å². The highest BCUT2D eigenvalue weighted by molar-refractivity contribution is 9.10. The normalized spacial score (nSPS) is 25.8. The van der Waals surface area contributed by atoms with Crippen molar-refractivity contribution in [2.75, 3.05) is 13.7 Å². The van der Waals surface area contributed by atoms with Gasteiger partial charge in [0.05, 0.1) is 13.7 Å². The summed E-state index contributed by atoms with van der Waals surface area (Å²) in [6.07, 6.45) is 0. The molecule has 2 nitrogen and oxygen atoms in total. The van der Waals surface area contributed by atoms with Crippen molar-refractivity contribution in [3.63, 3.8) is 0 Å². The van der Waals surface area contributed by atoms with Crippen LogP contribution in [0, 0.1) is 0 Å². The molecular weight excluding hydrogens is 232 g/mol. The van der Waals surface area contributed by atoms with Gasteiger partial charge in [0.15, 0.2) is 0 Å². The highest BCUT2D eigenvalue weighted by atomic mass is 79.9. The summed E-state index contributed by atoms with van der Waals surface area (Å²) in [4.78, 5) is 0. The van der Waals surface area contributed by atoms with E-state index in [1.165, 1.54) is 5.56 Å². The summed E-state index contributed by atoms with van der Waals surface area (Å²) in [6, 6.07) is 5.95. The molecule has 0 amide bonds. The Hall–Kier alpha value is -0.540. The highest BCUT2D eigenvalue weighted by Gasteiger charge is 2.42. The first kappa shape index (κ1) is 9.03. The Morgan fingerprint density at radius 2 is 2.23 bits per heavy atom. The maximum Gasteiger partial charge on any atom is 0.120 e. The first-order chi connectivity index (χ1) is 6.15. The van der Waals surface area contributed by atoms with Crippen LogP contribution in [0.1, 0.15) is 12.5 Å². The maximum atomic E-state index is 5.37. The maximum absolute atomic E-state index is 5.37. The molecule has 1 unspecified atom stereocenters. The summed E-state index contributed by atoms with van der Waals surface area (Å²) < 4.78 is 11.5. The largest absolute Gasteiger partial charge is 0.497 e. The molecule has 3 heteroatoms. The minimum atomic E-state index is -0.0783. The van der Waals surface area contributed by atoms with Crippen LogP contribution in [-0.4, -0.2) is 13.7 Å². The van der Waals surface area contributed by atoms with Crippen LogP contribution in [0.15, 0.2) is 22.7 Å². The Kier molecular flexibility index (Phi) is 2.08. The van der Waals surface area contributed by atoms with Crippen molar-refractivity contribution < 1.29 is 9.47 Å². The Morgan fingerprint density at radius 1 is 1.54 bits per heavy atom. The van der Waals surface area contributed by atoms with E-state index < -0.39 is 0 Å². The van der Waals surface area contributed by atoms with Gasteiger partial charge in [0.25, 0.3) is 0 Å². The van der Waals surface area contributed by atoms with Crippen LogP contribution < -0.4 is 4.74 Å². The van der Waals surface area contributed by atoms with Crippen LogP contribution in [-0.2, 0) is 10.3 Å². The van der Waals surface area contributed by atoms with Crippen molar-refractivity contribution in [1.29, 1.82) is 0 Å². The standard InChI is InChI=1S/C10H11BrO2/c1-10(6-13-10)8-4-3-7(12-2)5-9(8)11/h3-5H,6H2,1-2H3. The Bertz CT molecular complexity index is 332. The number of epoxide rings is 1. The SMILES string of the molecule is COc1ccc(C2(C)CO2)c(Br)c1. The average Bonchev–Trinajstić information content (AvgIpc) is 2.84. The molecule has 70 valence electrons. The van der Waals surface area contributed by atoms with Gasteiger partial charge in [-0.05, 0) is 19.1 Å². The number of hydrogen-bond donors (Lipinski definition) is 0. The summed E-state index contributed by atoms with van der Waals surface area (Å²) in [5.41, 5.74) is 1.11. The predicted molar refractivity (Wildman–Crippen MR) is 54.0 cm³/mol. The number of hydrogen-bond acceptors (Lipinski definition) is 2. The molecule has 0 aliphatic carbocycles. The van der Waals surface area contributed by atoms with Gasteiger partial charge in [0.2, 0.25) is 0 Å². The van der Waals surface area contributed by atoms with Crippen molar-refractivity contribution in [1.82, 2.24) is 0 Å². The fourth-order valence-electron chi connectivity index (χ4n) is 1.32. The molecule has 0 bridgehead atoms. The number of rotatable bonds is 2. The van der Waals surface area contributed by atoms with Gasteiger partial charge >= 0.3 is 0 Å². The van der Waals surface area contributed by atoms with Gasteiger partial charge in [-0.25, -0.2) is 0 Å². The third-order valence-corrected chi connectivity index (χ3v) is 2.98. The topological polar surface area (TPSA) is 21.8 Å². The number of halogens is 1. The Labute approximate surface area is 86.0 Å². The number of ether oxygens (including phenoxy) is 2. The first-order valence-corrected chi connectivity index (χ1v) is 4.93. The molecule has 1 atom stereocenters. The minimum absolute atomic E-state index is 0.0783. The molecule has 1 aliphatic rings. The lowest BCUT2D eigenvalue weighted by molar-refractivity contribution is 0.328. The monoisotopic (exact) mass is 242 g/mol. The highest BCUT2D eigenvalue weighted by Crippen LogP contribution is 2.42. The van der Waals surface area contributed by atoms with E-state index in [1.54, 1.807) is 7.11 Å². The fraction of sp³-hybridized carbons (Fsp3) is 0.400. The van der Waals surface area contributed by atoms with E-state index in [0.717, 1.165) is 16.8 Å². The van der Waals surface area contributed by atoms with E-state index in [2.05, 4.69) is 22.9 Å². The van der Waals surface area contributed by atoms with E-state index in [4.69, 9.17) is 9.47 Å². The molecule has 1 heterocycles. The van der Waals surface area contributed by atoms with E-state index in [0.29, 0.717) is 0 Å². The molecule has 1 aromatic carbocycles. The smallest absolute Gasteiger partial charge is 0.120 e. The molecule has 0 spiro atoms. The quantitative estimate of drug-likeness (QED) is 0.745. The molecule has 13 heavy (non-hydrogen) atoms. The van der Waals surface area contributed by atoms with E-state index in [-0.39, 0.29) is 5.60 Å². The van der Waals surface area contributed by atoms with Crippen LogP contribution >= 0.6 is 15.9 Å². The second kappa shape index (κ2) is 3.00. The van der Waals surface area contributed by atoms with Crippen molar-refractivity contribution in [3.8, 4) is 5.75 Å². The van der Waals surface area contributed by atoms with Crippen LogP contribution in [0.5, 0.6) is 5.75 Å². The van der Waals surface area contributed by atoms with Gasteiger partial charge in [0, 0.05) is 10.0 Å². The average molecular weight is 243 g/mol. The van der Waals surface area contributed by atoms with E-state index in [9.17, 15) is 0 Å². The second-order valence-electron chi connectivity index (χ2n) is 3.37. The van der Waals surface area contributed by atoms with Crippen LogP contribution in [0.2, 0.25) is 0 Å². The van der Waals surface area contributed by atoms with Gasteiger partial charge in [0.1, 0.15) is 11.4 Å². The zero-order valence-corrected chi connectivity index (χ0v) is 9.22. The zero-order chi connectivity index (χ0) is 9.47. The van der Waals surface area contributed by atoms with Crippen LogP contribution in [0.4, 0.5) is 0 Å². The summed E-state index contributed by atoms with van der Waals surface area (Å²) in [5, 5.41) is 0. The van der Waals surface area contributed by atoms with Gasteiger partial charge < -0.3 is 9.47 Å². The van der Waals surface area contributed by atoms with Crippen LogP contribution in [0.3, 0.4) is 0 Å². The molecule has 1 fully saturated rings. The summed E-state index contributed by atoms with van der Waals surface area (Å²) >= 11 is 3.50. The van der Waals surface area contributed by atoms with Gasteiger partial charge in [-0.2, -0.15) is 0 Å². The third kappa shape index (κ3) is 1.58.